The quantitative estimate of drug-likeness (QED) is 0.757. The molecule has 1 aromatic carbocycles. The van der Waals surface area contributed by atoms with Gasteiger partial charge < -0.3 is 0 Å². The molecule has 3 aromatic rings. The fourth-order valence-corrected chi connectivity index (χ4v) is 3.20. The van der Waals surface area contributed by atoms with Crippen molar-refractivity contribution < 1.29 is 0 Å². The van der Waals surface area contributed by atoms with Crippen LogP contribution in [0, 0.1) is 0 Å². The van der Waals surface area contributed by atoms with E-state index < -0.39 is 0 Å². The summed E-state index contributed by atoms with van der Waals surface area (Å²) in [5.41, 5.74) is 5.98. The van der Waals surface area contributed by atoms with E-state index in [-0.39, 0.29) is 0 Å². The molecule has 122 valence electrons. The van der Waals surface area contributed by atoms with Crippen molar-refractivity contribution in [3.05, 3.63) is 52.7 Å². The Labute approximate surface area is 140 Å². The molecule has 0 saturated heterocycles. The van der Waals surface area contributed by atoms with Crippen molar-refractivity contribution >= 4 is 6.08 Å². The summed E-state index contributed by atoms with van der Waals surface area (Å²) in [4.78, 5) is 0. The summed E-state index contributed by atoms with van der Waals surface area (Å²) in [6.45, 7) is 2.99. The second-order valence-electron chi connectivity index (χ2n) is 6.18. The van der Waals surface area contributed by atoms with E-state index in [4.69, 9.17) is 5.10 Å². The van der Waals surface area contributed by atoms with Gasteiger partial charge in [-0.15, -0.1) is 5.10 Å². The molecule has 1 N–H and O–H groups in total. The third-order valence-corrected chi connectivity index (χ3v) is 4.44. The van der Waals surface area contributed by atoms with Gasteiger partial charge in [-0.3, -0.25) is 4.68 Å². The molecule has 2 aromatic heterocycles. The van der Waals surface area contributed by atoms with Crippen LogP contribution in [0.15, 0.2) is 35.9 Å². The van der Waals surface area contributed by atoms with E-state index in [0.29, 0.717) is 5.82 Å². The number of fused-ring (bicyclic) bond motifs is 1. The maximum absolute atomic E-state index is 4.78. The first kappa shape index (κ1) is 14.8. The molecule has 0 amide bonds. The smallest absolute Gasteiger partial charge is 0.200 e. The van der Waals surface area contributed by atoms with E-state index in [1.807, 2.05) is 6.07 Å². The van der Waals surface area contributed by atoms with E-state index in [1.165, 1.54) is 29.7 Å². The van der Waals surface area contributed by atoms with E-state index in [9.17, 15) is 0 Å². The average Bonchev–Trinajstić information content (AvgIpc) is 3.32. The molecule has 0 fully saturated rings. The van der Waals surface area contributed by atoms with Gasteiger partial charge in [0.2, 0.25) is 5.82 Å². The van der Waals surface area contributed by atoms with Crippen LogP contribution in [0.1, 0.15) is 43.0 Å². The number of unbranched alkanes of at least 4 members (excludes halogenated alkanes) is 1. The molecular weight excluding hydrogens is 300 g/mol. The minimum absolute atomic E-state index is 0.631. The third kappa shape index (κ3) is 2.75. The first-order chi connectivity index (χ1) is 11.8. The zero-order valence-corrected chi connectivity index (χ0v) is 13.7. The highest BCUT2D eigenvalue weighted by atomic mass is 15.5. The van der Waals surface area contributed by atoms with E-state index >= 15 is 0 Å². The van der Waals surface area contributed by atoms with Gasteiger partial charge in [0.05, 0.1) is 12.2 Å². The maximum Gasteiger partial charge on any atom is 0.200 e. The van der Waals surface area contributed by atoms with Crippen LogP contribution in [0.2, 0.25) is 0 Å². The summed E-state index contributed by atoms with van der Waals surface area (Å²) in [7, 11) is 0. The molecule has 0 unspecified atom stereocenters. The van der Waals surface area contributed by atoms with Gasteiger partial charge in [0, 0.05) is 12.0 Å². The Hall–Kier alpha value is -2.76. The molecular formula is C18H20N6. The largest absolute Gasteiger partial charge is 0.263 e. The Kier molecular flexibility index (Phi) is 3.94. The molecule has 0 saturated carbocycles. The minimum atomic E-state index is 0.631. The topological polar surface area (TPSA) is 72.3 Å². The number of aromatic nitrogens is 6. The third-order valence-electron chi connectivity index (χ3n) is 4.44. The molecule has 1 aliphatic rings. The zero-order valence-electron chi connectivity index (χ0n) is 13.7. The normalized spacial score (nSPS) is 13.1. The second-order valence-corrected chi connectivity index (χ2v) is 6.18. The van der Waals surface area contributed by atoms with Gasteiger partial charge >= 0.3 is 0 Å². The van der Waals surface area contributed by atoms with Crippen molar-refractivity contribution in [1.29, 1.82) is 0 Å². The maximum atomic E-state index is 4.78. The van der Waals surface area contributed by atoms with Crippen LogP contribution in [0.3, 0.4) is 0 Å². The fourth-order valence-electron chi connectivity index (χ4n) is 3.20. The second kappa shape index (κ2) is 6.39. The highest BCUT2D eigenvalue weighted by Crippen LogP contribution is 2.34. The Bertz CT molecular complexity index is 845. The summed E-state index contributed by atoms with van der Waals surface area (Å²) < 4.78 is 2.10. The molecule has 0 spiro atoms. The van der Waals surface area contributed by atoms with Crippen LogP contribution >= 0.6 is 0 Å². The number of tetrazole rings is 1. The zero-order chi connectivity index (χ0) is 16.4. The summed E-state index contributed by atoms with van der Waals surface area (Å²) in [5.74, 6) is 0.631. The standard InChI is InChI=1S/C18H20N6/c1-2-3-7-14-10-15-16(11-14)24(12-13-8-5-4-6-9-13)21-17(15)18-19-22-23-20-18/h4-6,8-10H,2-3,7,11-12H2,1H3,(H,19,20,22,23). The average molecular weight is 320 g/mol. The Morgan fingerprint density at radius 2 is 2.08 bits per heavy atom. The van der Waals surface area contributed by atoms with Crippen LogP contribution in [-0.2, 0) is 13.0 Å². The van der Waals surface area contributed by atoms with Crippen molar-refractivity contribution in [3.63, 3.8) is 0 Å². The molecule has 24 heavy (non-hydrogen) atoms. The summed E-state index contributed by atoms with van der Waals surface area (Å²) in [5, 5.41) is 19.1. The van der Waals surface area contributed by atoms with Crippen LogP contribution in [0.4, 0.5) is 0 Å². The van der Waals surface area contributed by atoms with E-state index in [0.717, 1.165) is 30.6 Å². The molecule has 0 radical (unpaired) electrons. The number of allylic oxidation sites excluding steroid dienone is 1. The van der Waals surface area contributed by atoms with Gasteiger partial charge in [-0.1, -0.05) is 55.3 Å². The first-order valence-electron chi connectivity index (χ1n) is 8.42. The van der Waals surface area contributed by atoms with Crippen molar-refractivity contribution in [2.24, 2.45) is 0 Å². The van der Waals surface area contributed by atoms with Gasteiger partial charge in [0.15, 0.2) is 0 Å². The molecule has 6 heteroatoms. The number of aromatic amines is 1. The number of hydrogen-bond acceptors (Lipinski definition) is 4. The summed E-state index contributed by atoms with van der Waals surface area (Å²) in [6.07, 6.45) is 6.82. The van der Waals surface area contributed by atoms with Crippen LogP contribution < -0.4 is 0 Å². The monoisotopic (exact) mass is 320 g/mol. The fraction of sp³-hybridized carbons (Fsp3) is 0.333. The Balaban J connectivity index is 1.70. The number of H-pyrrole nitrogens is 1. The number of rotatable bonds is 6. The molecule has 6 nitrogen and oxygen atoms in total. The highest BCUT2D eigenvalue weighted by Gasteiger charge is 2.25. The van der Waals surface area contributed by atoms with Crippen LogP contribution in [-0.4, -0.2) is 30.4 Å². The van der Waals surface area contributed by atoms with E-state index in [1.54, 1.807) is 0 Å². The van der Waals surface area contributed by atoms with Gasteiger partial charge in [-0.25, -0.2) is 5.10 Å². The van der Waals surface area contributed by atoms with Crippen molar-refractivity contribution in [3.8, 4) is 11.5 Å². The predicted molar refractivity (Wildman–Crippen MR) is 92.1 cm³/mol. The molecule has 1 aliphatic carbocycles. The lowest BCUT2D eigenvalue weighted by Gasteiger charge is -2.07. The van der Waals surface area contributed by atoms with Gasteiger partial charge in [0.25, 0.3) is 0 Å². The summed E-state index contributed by atoms with van der Waals surface area (Å²) >= 11 is 0. The lowest BCUT2D eigenvalue weighted by atomic mass is 10.1. The first-order valence-corrected chi connectivity index (χ1v) is 8.42. The SMILES string of the molecule is CCCCC1=Cc2c(-c3nnn[nH]3)nn(Cc3ccccc3)c2C1. The van der Waals surface area contributed by atoms with Gasteiger partial charge in [-0.2, -0.15) is 5.10 Å². The lowest BCUT2D eigenvalue weighted by Crippen LogP contribution is -2.06. The van der Waals surface area contributed by atoms with Gasteiger partial charge in [0.1, 0.15) is 5.69 Å². The number of benzene rings is 1. The Morgan fingerprint density at radius 3 is 2.83 bits per heavy atom. The summed E-state index contributed by atoms with van der Waals surface area (Å²) in [6, 6.07) is 10.4. The van der Waals surface area contributed by atoms with E-state index in [2.05, 4.69) is 62.6 Å². The molecule has 0 bridgehead atoms. The lowest BCUT2D eigenvalue weighted by molar-refractivity contribution is 0.650. The van der Waals surface area contributed by atoms with Crippen molar-refractivity contribution in [2.45, 2.75) is 39.2 Å². The van der Waals surface area contributed by atoms with Crippen molar-refractivity contribution in [1.82, 2.24) is 30.4 Å². The minimum Gasteiger partial charge on any atom is -0.263 e. The molecule has 0 atom stereocenters. The number of nitrogens with zero attached hydrogens (tertiary/aromatic N) is 5. The molecule has 0 aliphatic heterocycles. The molecule has 4 rings (SSSR count). The highest BCUT2D eigenvalue weighted by molar-refractivity contribution is 5.74. The number of hydrogen-bond donors (Lipinski definition) is 1. The van der Waals surface area contributed by atoms with Crippen LogP contribution in [0.5, 0.6) is 0 Å². The predicted octanol–water partition coefficient (Wildman–Crippen LogP) is 3.24. The Morgan fingerprint density at radius 1 is 1.21 bits per heavy atom. The van der Waals surface area contributed by atoms with Gasteiger partial charge in [-0.05, 0) is 28.8 Å². The van der Waals surface area contributed by atoms with Crippen molar-refractivity contribution in [2.75, 3.05) is 0 Å². The number of nitrogens with one attached hydrogen (secondary N) is 1. The van der Waals surface area contributed by atoms with Crippen LogP contribution in [0.25, 0.3) is 17.6 Å². The molecule has 2 heterocycles.